The molecule has 3 heteroatoms. The van der Waals surface area contributed by atoms with Crippen LogP contribution in [0.1, 0.15) is 65.2 Å². The fourth-order valence-corrected chi connectivity index (χ4v) is 1.62. The van der Waals surface area contributed by atoms with Crippen LogP contribution in [0, 0.1) is 0 Å². The summed E-state index contributed by atoms with van der Waals surface area (Å²) in [6.45, 7) is 6.94. The lowest BCUT2D eigenvalue weighted by atomic mass is 10.1. The molecule has 2 nitrogen and oxygen atoms in total. The fraction of sp³-hybridized carbons (Fsp3) is 0.786. The molecule has 0 aliphatic heterocycles. The molecule has 0 spiro atoms. The predicted octanol–water partition coefficient (Wildman–Crippen LogP) is 4.54. The van der Waals surface area contributed by atoms with E-state index in [0.29, 0.717) is 12.8 Å². The highest BCUT2D eigenvalue weighted by Gasteiger charge is 2.04. The van der Waals surface area contributed by atoms with Crippen LogP contribution in [-0.2, 0) is 9.53 Å². The number of halogens is 1. The lowest BCUT2D eigenvalue weighted by Gasteiger charge is -2.07. The number of carbonyl (C=O) groups is 1. The first-order valence-corrected chi connectivity index (χ1v) is 6.55. The van der Waals surface area contributed by atoms with E-state index in [2.05, 4.69) is 6.58 Å². The van der Waals surface area contributed by atoms with Crippen molar-refractivity contribution in [2.24, 2.45) is 0 Å². The Bertz CT molecular complexity index is 224. The van der Waals surface area contributed by atoms with Gasteiger partial charge in [0.15, 0.2) is 0 Å². The molecule has 0 aliphatic carbocycles. The molecule has 0 radical (unpaired) electrons. The molecule has 0 aromatic heterocycles. The van der Waals surface area contributed by atoms with Crippen LogP contribution in [0.5, 0.6) is 0 Å². The van der Waals surface area contributed by atoms with E-state index in [1.165, 1.54) is 0 Å². The molecule has 100 valence electrons. The second-order valence-electron chi connectivity index (χ2n) is 4.68. The zero-order valence-corrected chi connectivity index (χ0v) is 11.1. The topological polar surface area (TPSA) is 26.3 Å². The Morgan fingerprint density at radius 1 is 1.06 bits per heavy atom. The molecule has 0 aromatic rings. The summed E-state index contributed by atoms with van der Waals surface area (Å²) in [4.78, 5) is 11.2. The number of carbonyl (C=O) groups excluding carboxylic acids is 1. The maximum Gasteiger partial charge on any atom is 0.306 e. The number of hydrogen-bond donors (Lipinski definition) is 0. The second kappa shape index (κ2) is 10.3. The third-order valence-corrected chi connectivity index (χ3v) is 2.45. The summed E-state index contributed by atoms with van der Waals surface area (Å²) in [5.74, 6) is -0.324. The van der Waals surface area contributed by atoms with Gasteiger partial charge in [0.05, 0.1) is 11.9 Å². The molecular weight excluding hydrogens is 219 g/mol. The Labute approximate surface area is 104 Å². The van der Waals surface area contributed by atoms with Crippen LogP contribution in [-0.4, -0.2) is 12.1 Å². The van der Waals surface area contributed by atoms with E-state index in [1.807, 2.05) is 13.8 Å². The van der Waals surface area contributed by atoms with Crippen LogP contribution in [0.2, 0.25) is 0 Å². The van der Waals surface area contributed by atoms with Crippen molar-refractivity contribution in [2.75, 3.05) is 0 Å². The van der Waals surface area contributed by atoms with Crippen molar-refractivity contribution in [1.29, 1.82) is 0 Å². The Morgan fingerprint density at radius 3 is 2.00 bits per heavy atom. The predicted molar refractivity (Wildman–Crippen MR) is 68.4 cm³/mol. The lowest BCUT2D eigenvalue weighted by molar-refractivity contribution is -0.147. The van der Waals surface area contributed by atoms with Gasteiger partial charge in [-0.15, -0.1) is 0 Å². The number of allylic oxidation sites excluding steroid dienone is 1. The van der Waals surface area contributed by atoms with Gasteiger partial charge in [0.25, 0.3) is 0 Å². The first kappa shape index (κ1) is 16.1. The number of unbranched alkanes of at least 4 members (excludes halogenated alkanes) is 5. The van der Waals surface area contributed by atoms with Gasteiger partial charge in [-0.3, -0.25) is 4.79 Å². The molecule has 17 heavy (non-hydrogen) atoms. The van der Waals surface area contributed by atoms with Gasteiger partial charge in [-0.1, -0.05) is 32.3 Å². The SMILES string of the molecule is C=C(F)CCCCCCCCC(=O)OC(C)C. The average molecular weight is 244 g/mol. The maximum absolute atomic E-state index is 12.3. The van der Waals surface area contributed by atoms with Crippen LogP contribution < -0.4 is 0 Å². The Balaban J connectivity index is 3.18. The maximum atomic E-state index is 12.3. The summed E-state index contributed by atoms with van der Waals surface area (Å²) in [5.41, 5.74) is 0. The molecule has 0 bridgehead atoms. The molecule has 0 heterocycles. The summed E-state index contributed by atoms with van der Waals surface area (Å²) in [5, 5.41) is 0. The molecular formula is C14H25FO2. The van der Waals surface area contributed by atoms with Gasteiger partial charge in [-0.25, -0.2) is 4.39 Å². The molecule has 0 fully saturated rings. The van der Waals surface area contributed by atoms with Crippen molar-refractivity contribution in [3.63, 3.8) is 0 Å². The second-order valence-corrected chi connectivity index (χ2v) is 4.68. The van der Waals surface area contributed by atoms with E-state index >= 15 is 0 Å². The number of esters is 1. The minimum atomic E-state index is -0.221. The first-order chi connectivity index (χ1) is 8.02. The van der Waals surface area contributed by atoms with Crippen LogP contribution in [0.4, 0.5) is 4.39 Å². The fourth-order valence-electron chi connectivity index (χ4n) is 1.62. The third kappa shape index (κ3) is 13.1. The molecule has 0 amide bonds. The van der Waals surface area contributed by atoms with Gasteiger partial charge in [0, 0.05) is 6.42 Å². The third-order valence-electron chi connectivity index (χ3n) is 2.45. The highest BCUT2D eigenvalue weighted by molar-refractivity contribution is 5.69. The summed E-state index contributed by atoms with van der Waals surface area (Å²) in [6.07, 6.45) is 7.05. The van der Waals surface area contributed by atoms with E-state index < -0.39 is 0 Å². The number of hydrogen-bond acceptors (Lipinski definition) is 2. The molecule has 0 aliphatic rings. The lowest BCUT2D eigenvalue weighted by Crippen LogP contribution is -2.10. The Hall–Kier alpha value is -0.860. The molecule has 0 aromatic carbocycles. The monoisotopic (exact) mass is 244 g/mol. The molecule has 0 rings (SSSR count). The smallest absolute Gasteiger partial charge is 0.306 e. The summed E-state index contributed by atoms with van der Waals surface area (Å²) >= 11 is 0. The normalized spacial score (nSPS) is 10.6. The quantitative estimate of drug-likeness (QED) is 0.416. The number of ether oxygens (including phenoxy) is 1. The van der Waals surface area contributed by atoms with E-state index in [9.17, 15) is 9.18 Å². The largest absolute Gasteiger partial charge is 0.463 e. The Kier molecular flexibility index (Phi) is 9.78. The minimum absolute atomic E-state index is 0.0173. The van der Waals surface area contributed by atoms with Gasteiger partial charge >= 0.3 is 5.97 Å². The van der Waals surface area contributed by atoms with Crippen LogP contribution in [0.25, 0.3) is 0 Å². The van der Waals surface area contributed by atoms with Crippen LogP contribution in [0.15, 0.2) is 12.4 Å². The zero-order valence-electron chi connectivity index (χ0n) is 11.1. The van der Waals surface area contributed by atoms with Crippen LogP contribution >= 0.6 is 0 Å². The van der Waals surface area contributed by atoms with Gasteiger partial charge in [-0.2, -0.15) is 0 Å². The standard InChI is InChI=1S/C14H25FO2/c1-12(2)17-14(16)11-9-7-5-4-6-8-10-13(3)15/h12H,3-11H2,1-2H3. The van der Waals surface area contributed by atoms with Crippen molar-refractivity contribution in [2.45, 2.75) is 71.3 Å². The molecule has 0 saturated carbocycles. The van der Waals surface area contributed by atoms with Gasteiger partial charge < -0.3 is 4.74 Å². The molecule has 0 atom stereocenters. The molecule has 0 unspecified atom stereocenters. The zero-order chi connectivity index (χ0) is 13.1. The van der Waals surface area contributed by atoms with Crippen molar-refractivity contribution in [1.82, 2.24) is 0 Å². The summed E-state index contributed by atoms with van der Waals surface area (Å²) < 4.78 is 17.3. The van der Waals surface area contributed by atoms with Gasteiger partial charge in [0.2, 0.25) is 0 Å². The van der Waals surface area contributed by atoms with E-state index in [1.54, 1.807) is 0 Å². The van der Waals surface area contributed by atoms with Crippen molar-refractivity contribution in [3.8, 4) is 0 Å². The Morgan fingerprint density at radius 2 is 1.53 bits per heavy atom. The van der Waals surface area contributed by atoms with Gasteiger partial charge in [0.1, 0.15) is 0 Å². The first-order valence-electron chi connectivity index (χ1n) is 6.55. The van der Waals surface area contributed by atoms with Crippen molar-refractivity contribution in [3.05, 3.63) is 12.4 Å². The number of rotatable bonds is 10. The van der Waals surface area contributed by atoms with E-state index in [-0.39, 0.29) is 17.9 Å². The van der Waals surface area contributed by atoms with Gasteiger partial charge in [-0.05, 0) is 33.1 Å². The molecule has 0 saturated heterocycles. The van der Waals surface area contributed by atoms with Crippen LogP contribution in [0.3, 0.4) is 0 Å². The average Bonchev–Trinajstić information content (AvgIpc) is 2.20. The highest BCUT2D eigenvalue weighted by atomic mass is 19.1. The van der Waals surface area contributed by atoms with E-state index in [4.69, 9.17) is 4.74 Å². The van der Waals surface area contributed by atoms with Crippen molar-refractivity contribution >= 4 is 5.97 Å². The highest BCUT2D eigenvalue weighted by Crippen LogP contribution is 2.12. The van der Waals surface area contributed by atoms with E-state index in [0.717, 1.165) is 38.5 Å². The molecule has 0 N–H and O–H groups in total. The summed E-state index contributed by atoms with van der Waals surface area (Å²) in [6, 6.07) is 0. The summed E-state index contributed by atoms with van der Waals surface area (Å²) in [7, 11) is 0. The minimum Gasteiger partial charge on any atom is -0.463 e. The van der Waals surface area contributed by atoms with Crippen molar-refractivity contribution < 1.29 is 13.9 Å².